The van der Waals surface area contributed by atoms with Gasteiger partial charge < -0.3 is 14.8 Å². The molecule has 2 aliphatic rings. The molecule has 0 radical (unpaired) electrons. The highest BCUT2D eigenvalue weighted by molar-refractivity contribution is 7.89. The third kappa shape index (κ3) is 3.60. The summed E-state index contributed by atoms with van der Waals surface area (Å²) >= 11 is 0. The van der Waals surface area contributed by atoms with Gasteiger partial charge in [-0.25, -0.2) is 12.8 Å². The summed E-state index contributed by atoms with van der Waals surface area (Å²) in [5, 5.41) is 2.62. The van der Waals surface area contributed by atoms with E-state index in [4.69, 9.17) is 9.47 Å². The number of morpholine rings is 1. The summed E-state index contributed by atoms with van der Waals surface area (Å²) in [6, 6.07) is 10.9. The van der Waals surface area contributed by atoms with Crippen LogP contribution in [0.1, 0.15) is 5.56 Å². The van der Waals surface area contributed by atoms with Crippen molar-refractivity contribution in [3.63, 3.8) is 0 Å². The van der Waals surface area contributed by atoms with Crippen LogP contribution in [0.3, 0.4) is 0 Å². The van der Waals surface area contributed by atoms with E-state index < -0.39 is 32.7 Å². The summed E-state index contributed by atoms with van der Waals surface area (Å²) in [7, 11) is -4.02. The number of ether oxygens (including phenoxy) is 2. The van der Waals surface area contributed by atoms with E-state index in [0.29, 0.717) is 12.2 Å². The van der Waals surface area contributed by atoms with Gasteiger partial charge in [0.25, 0.3) is 5.91 Å². The van der Waals surface area contributed by atoms with Crippen molar-refractivity contribution in [1.82, 2.24) is 4.31 Å². The van der Waals surface area contributed by atoms with Gasteiger partial charge in [-0.15, -0.1) is 0 Å². The third-order valence-electron chi connectivity index (χ3n) is 4.73. The molecule has 1 N–H and O–H groups in total. The lowest BCUT2D eigenvalue weighted by atomic mass is 10.1. The molecular weight excluding hydrogens is 387 g/mol. The van der Waals surface area contributed by atoms with Crippen molar-refractivity contribution in [1.29, 1.82) is 0 Å². The van der Waals surface area contributed by atoms with Crippen LogP contribution in [0.25, 0.3) is 0 Å². The van der Waals surface area contributed by atoms with E-state index in [1.165, 1.54) is 10.4 Å². The molecule has 2 heterocycles. The number of sulfonamides is 1. The standard InChI is InChI=1S/C19H19FN2O5S/c20-15-6-5-14(12-18(15)28(24,25)22-7-9-26-10-8-22)21-19(23)17-11-13-3-1-2-4-16(13)27-17/h1-6,12,17H,7-11H2,(H,21,23)/t17-/m1/s1. The average Bonchev–Trinajstić information content (AvgIpc) is 3.14. The number of halogens is 1. The van der Waals surface area contributed by atoms with Crippen molar-refractivity contribution in [3.8, 4) is 5.75 Å². The second kappa shape index (κ2) is 7.50. The molecule has 7 nitrogen and oxygen atoms in total. The zero-order valence-corrected chi connectivity index (χ0v) is 15.7. The molecule has 2 aliphatic heterocycles. The molecule has 1 atom stereocenters. The van der Waals surface area contributed by atoms with Gasteiger partial charge in [-0.1, -0.05) is 18.2 Å². The van der Waals surface area contributed by atoms with E-state index in [1.807, 2.05) is 18.2 Å². The minimum atomic E-state index is -4.02. The van der Waals surface area contributed by atoms with E-state index in [9.17, 15) is 17.6 Å². The predicted molar refractivity (Wildman–Crippen MR) is 99.2 cm³/mol. The van der Waals surface area contributed by atoms with Crippen LogP contribution in [-0.4, -0.2) is 51.0 Å². The molecule has 0 bridgehead atoms. The van der Waals surface area contributed by atoms with E-state index in [-0.39, 0.29) is 32.0 Å². The summed E-state index contributed by atoms with van der Waals surface area (Å²) in [5.74, 6) is -0.635. The Morgan fingerprint density at radius 3 is 2.64 bits per heavy atom. The van der Waals surface area contributed by atoms with Crippen molar-refractivity contribution in [3.05, 3.63) is 53.8 Å². The quantitative estimate of drug-likeness (QED) is 0.837. The molecule has 0 aromatic heterocycles. The van der Waals surface area contributed by atoms with E-state index >= 15 is 0 Å². The number of para-hydroxylation sites is 1. The molecule has 28 heavy (non-hydrogen) atoms. The van der Waals surface area contributed by atoms with Gasteiger partial charge in [-0.3, -0.25) is 4.79 Å². The van der Waals surface area contributed by atoms with Crippen LogP contribution < -0.4 is 10.1 Å². The fourth-order valence-corrected chi connectivity index (χ4v) is 4.75. The number of fused-ring (bicyclic) bond motifs is 1. The molecule has 0 unspecified atom stereocenters. The van der Waals surface area contributed by atoms with Gasteiger partial charge in [0.15, 0.2) is 6.10 Å². The lowest BCUT2D eigenvalue weighted by molar-refractivity contribution is -0.122. The van der Waals surface area contributed by atoms with Crippen LogP contribution in [0.4, 0.5) is 10.1 Å². The van der Waals surface area contributed by atoms with Crippen molar-refractivity contribution >= 4 is 21.6 Å². The minimum Gasteiger partial charge on any atom is -0.480 e. The van der Waals surface area contributed by atoms with Crippen LogP contribution >= 0.6 is 0 Å². The molecule has 148 valence electrons. The molecular formula is C19H19FN2O5S. The number of benzene rings is 2. The Labute approximate surface area is 162 Å². The summed E-state index contributed by atoms with van der Waals surface area (Å²) in [6.07, 6.45) is -0.302. The molecule has 4 rings (SSSR count). The van der Waals surface area contributed by atoms with Gasteiger partial charge in [0.2, 0.25) is 10.0 Å². The van der Waals surface area contributed by atoms with Gasteiger partial charge in [-0.05, 0) is 29.8 Å². The maximum atomic E-state index is 14.3. The molecule has 2 aromatic carbocycles. The summed E-state index contributed by atoms with van der Waals surface area (Å²) in [5.41, 5.74) is 1.12. The fraction of sp³-hybridized carbons (Fsp3) is 0.316. The van der Waals surface area contributed by atoms with Crippen molar-refractivity contribution in [2.24, 2.45) is 0 Å². The number of hydrogen-bond acceptors (Lipinski definition) is 5. The van der Waals surface area contributed by atoms with Gasteiger partial charge in [0.05, 0.1) is 13.2 Å². The maximum absolute atomic E-state index is 14.3. The zero-order valence-electron chi connectivity index (χ0n) is 14.9. The SMILES string of the molecule is O=C(Nc1ccc(F)c(S(=O)(=O)N2CCOCC2)c1)[C@H]1Cc2ccccc2O1. The van der Waals surface area contributed by atoms with Gasteiger partial charge in [0.1, 0.15) is 16.5 Å². The Balaban J connectivity index is 1.52. The topological polar surface area (TPSA) is 84.9 Å². The zero-order chi connectivity index (χ0) is 19.7. The Morgan fingerprint density at radius 1 is 1.14 bits per heavy atom. The number of nitrogens with zero attached hydrogens (tertiary/aromatic N) is 1. The number of carbonyl (C=O) groups excluding carboxylic acids is 1. The fourth-order valence-electron chi connectivity index (χ4n) is 3.26. The number of rotatable bonds is 4. The molecule has 0 saturated carbocycles. The van der Waals surface area contributed by atoms with E-state index in [0.717, 1.165) is 17.7 Å². The van der Waals surface area contributed by atoms with Crippen LogP contribution in [-0.2, 0) is 26.0 Å². The van der Waals surface area contributed by atoms with Crippen LogP contribution in [0, 0.1) is 5.82 Å². The number of hydrogen-bond donors (Lipinski definition) is 1. The largest absolute Gasteiger partial charge is 0.480 e. The Hall–Kier alpha value is -2.49. The molecule has 2 aromatic rings. The second-order valence-electron chi connectivity index (χ2n) is 6.57. The monoisotopic (exact) mass is 406 g/mol. The van der Waals surface area contributed by atoms with Crippen LogP contribution in [0.2, 0.25) is 0 Å². The first-order valence-electron chi connectivity index (χ1n) is 8.88. The number of nitrogens with one attached hydrogen (secondary N) is 1. The predicted octanol–water partition coefficient (Wildman–Crippen LogP) is 1.79. The molecule has 1 fully saturated rings. The summed E-state index contributed by atoms with van der Waals surface area (Å²) in [4.78, 5) is 12.1. The number of amides is 1. The first-order chi connectivity index (χ1) is 13.4. The number of carbonyl (C=O) groups is 1. The molecule has 9 heteroatoms. The summed E-state index contributed by atoms with van der Waals surface area (Å²) in [6.45, 7) is 0.840. The van der Waals surface area contributed by atoms with Crippen molar-refractivity contribution in [2.75, 3.05) is 31.6 Å². The number of anilines is 1. The van der Waals surface area contributed by atoms with E-state index in [2.05, 4.69) is 5.32 Å². The minimum absolute atomic E-state index is 0.159. The third-order valence-corrected chi connectivity index (χ3v) is 6.64. The Morgan fingerprint density at radius 2 is 1.89 bits per heavy atom. The molecule has 0 spiro atoms. The Bertz CT molecular complexity index is 980. The highest BCUT2D eigenvalue weighted by Crippen LogP contribution is 2.29. The smallest absolute Gasteiger partial charge is 0.265 e. The molecule has 1 saturated heterocycles. The van der Waals surface area contributed by atoms with Gasteiger partial charge >= 0.3 is 0 Å². The van der Waals surface area contributed by atoms with Crippen LogP contribution in [0.5, 0.6) is 5.75 Å². The highest BCUT2D eigenvalue weighted by atomic mass is 32.2. The van der Waals surface area contributed by atoms with Crippen molar-refractivity contribution < 1.29 is 27.1 Å². The molecule has 1 amide bonds. The Kier molecular flexibility index (Phi) is 5.05. The first kappa shape index (κ1) is 18.9. The summed E-state index contributed by atoms with van der Waals surface area (Å²) < 4.78 is 51.7. The first-order valence-corrected chi connectivity index (χ1v) is 10.3. The molecule has 0 aliphatic carbocycles. The lowest BCUT2D eigenvalue weighted by Gasteiger charge is -2.26. The maximum Gasteiger partial charge on any atom is 0.265 e. The van der Waals surface area contributed by atoms with Gasteiger partial charge in [-0.2, -0.15) is 4.31 Å². The highest BCUT2D eigenvalue weighted by Gasteiger charge is 2.31. The van der Waals surface area contributed by atoms with Crippen molar-refractivity contribution in [2.45, 2.75) is 17.4 Å². The average molecular weight is 406 g/mol. The second-order valence-corrected chi connectivity index (χ2v) is 8.48. The van der Waals surface area contributed by atoms with Crippen LogP contribution in [0.15, 0.2) is 47.4 Å². The van der Waals surface area contributed by atoms with E-state index in [1.54, 1.807) is 6.07 Å². The van der Waals surface area contributed by atoms with Gasteiger partial charge in [0, 0.05) is 25.2 Å². The lowest BCUT2D eigenvalue weighted by Crippen LogP contribution is -2.41. The normalized spacial score (nSPS) is 19.7.